The number of carboxylic acids is 1. The van der Waals surface area contributed by atoms with Crippen LogP contribution >= 0.6 is 0 Å². The van der Waals surface area contributed by atoms with Gasteiger partial charge in [-0.25, -0.2) is 4.79 Å². The SMILES string of the molecule is O=C(O)[C@@H]1C[C@@]2(O)c3ccccc3N3/C(=C\c4ccc5c(c4)OCO5)C(=O)N1[C@H]32. The Morgan fingerprint density at radius 2 is 1.97 bits per heavy atom. The fourth-order valence-electron chi connectivity index (χ4n) is 4.92. The van der Waals surface area contributed by atoms with Crippen molar-refractivity contribution in [3.05, 3.63) is 59.3 Å². The molecule has 2 aromatic carbocycles. The Labute approximate surface area is 165 Å². The summed E-state index contributed by atoms with van der Waals surface area (Å²) in [7, 11) is 0. The molecule has 0 spiro atoms. The Morgan fingerprint density at radius 1 is 1.17 bits per heavy atom. The molecule has 0 aromatic heterocycles. The number of carboxylic acid groups (broad SMARTS) is 1. The van der Waals surface area contributed by atoms with E-state index in [4.69, 9.17) is 9.47 Å². The summed E-state index contributed by atoms with van der Waals surface area (Å²) in [6.07, 6.45) is 0.891. The van der Waals surface area contributed by atoms with Gasteiger partial charge in [-0.1, -0.05) is 24.3 Å². The van der Waals surface area contributed by atoms with Crippen LogP contribution in [0.1, 0.15) is 17.5 Å². The summed E-state index contributed by atoms with van der Waals surface area (Å²) in [5.41, 5.74) is 0.969. The molecule has 0 radical (unpaired) electrons. The van der Waals surface area contributed by atoms with Gasteiger partial charge in [-0.2, -0.15) is 0 Å². The number of fused-ring (bicyclic) bond motifs is 4. The fourth-order valence-corrected chi connectivity index (χ4v) is 4.92. The van der Waals surface area contributed by atoms with Crippen molar-refractivity contribution >= 4 is 23.6 Å². The van der Waals surface area contributed by atoms with E-state index in [0.29, 0.717) is 28.4 Å². The second kappa shape index (κ2) is 5.30. The summed E-state index contributed by atoms with van der Waals surface area (Å²) in [6.45, 7) is 0.150. The first-order valence-electron chi connectivity index (χ1n) is 9.27. The van der Waals surface area contributed by atoms with Crippen LogP contribution in [0.25, 0.3) is 6.08 Å². The number of carbonyl (C=O) groups excluding carboxylic acids is 1. The van der Waals surface area contributed by atoms with Crippen LogP contribution in [0.4, 0.5) is 5.69 Å². The molecule has 2 aromatic rings. The molecule has 0 bridgehead atoms. The van der Waals surface area contributed by atoms with Gasteiger partial charge in [0.15, 0.2) is 11.5 Å². The van der Waals surface area contributed by atoms with E-state index in [1.807, 2.05) is 12.1 Å². The van der Waals surface area contributed by atoms with Gasteiger partial charge >= 0.3 is 5.97 Å². The molecule has 2 saturated heterocycles. The van der Waals surface area contributed by atoms with Crippen molar-refractivity contribution in [3.63, 3.8) is 0 Å². The van der Waals surface area contributed by atoms with E-state index in [-0.39, 0.29) is 13.2 Å². The van der Waals surface area contributed by atoms with E-state index >= 15 is 0 Å². The van der Waals surface area contributed by atoms with Crippen molar-refractivity contribution < 1.29 is 29.3 Å². The summed E-state index contributed by atoms with van der Waals surface area (Å²) in [5.74, 6) is -0.308. The lowest BCUT2D eigenvalue weighted by atomic mass is 9.91. The van der Waals surface area contributed by atoms with Gasteiger partial charge in [0.1, 0.15) is 23.5 Å². The van der Waals surface area contributed by atoms with E-state index in [1.54, 1.807) is 41.3 Å². The maximum atomic E-state index is 13.3. The Hall–Kier alpha value is -3.52. The summed E-state index contributed by atoms with van der Waals surface area (Å²) >= 11 is 0. The normalized spacial score (nSPS) is 29.6. The molecule has 8 nitrogen and oxygen atoms in total. The number of carbonyl (C=O) groups is 2. The van der Waals surface area contributed by atoms with Gasteiger partial charge < -0.3 is 24.6 Å². The third kappa shape index (κ3) is 1.96. The van der Waals surface area contributed by atoms with Crippen molar-refractivity contribution in [2.75, 3.05) is 11.7 Å². The summed E-state index contributed by atoms with van der Waals surface area (Å²) < 4.78 is 10.7. The van der Waals surface area contributed by atoms with Crippen LogP contribution in [0, 0.1) is 0 Å². The first kappa shape index (κ1) is 16.4. The van der Waals surface area contributed by atoms with E-state index in [1.165, 1.54) is 4.90 Å². The first-order valence-corrected chi connectivity index (χ1v) is 9.27. The largest absolute Gasteiger partial charge is 0.480 e. The molecule has 8 heteroatoms. The van der Waals surface area contributed by atoms with E-state index in [0.717, 1.165) is 5.56 Å². The molecule has 4 aliphatic heterocycles. The van der Waals surface area contributed by atoms with Gasteiger partial charge in [-0.15, -0.1) is 0 Å². The highest BCUT2D eigenvalue weighted by Crippen LogP contribution is 2.57. The Bertz CT molecular complexity index is 1130. The molecule has 3 atom stereocenters. The molecule has 0 unspecified atom stereocenters. The van der Waals surface area contributed by atoms with Crippen LogP contribution < -0.4 is 14.4 Å². The zero-order valence-electron chi connectivity index (χ0n) is 15.1. The highest BCUT2D eigenvalue weighted by atomic mass is 16.7. The minimum atomic E-state index is -1.43. The highest BCUT2D eigenvalue weighted by molar-refractivity contribution is 6.08. The fraction of sp³-hybridized carbons (Fsp3) is 0.238. The average molecular weight is 392 g/mol. The molecular weight excluding hydrogens is 376 g/mol. The monoisotopic (exact) mass is 392 g/mol. The number of hydrogen-bond acceptors (Lipinski definition) is 6. The summed E-state index contributed by atoms with van der Waals surface area (Å²) in [6, 6.07) is 11.5. The number of aliphatic hydroxyl groups is 1. The molecule has 2 fully saturated rings. The maximum Gasteiger partial charge on any atom is 0.326 e. The zero-order chi connectivity index (χ0) is 19.9. The maximum absolute atomic E-state index is 13.3. The highest BCUT2D eigenvalue weighted by Gasteiger charge is 2.68. The predicted molar refractivity (Wildman–Crippen MR) is 100 cm³/mol. The van der Waals surface area contributed by atoms with Gasteiger partial charge in [-0.05, 0) is 29.8 Å². The van der Waals surface area contributed by atoms with Crippen LogP contribution in [0.3, 0.4) is 0 Å². The number of anilines is 1. The Balaban J connectivity index is 1.53. The van der Waals surface area contributed by atoms with Crippen LogP contribution in [0.5, 0.6) is 11.5 Å². The van der Waals surface area contributed by atoms with Crippen LogP contribution in [-0.4, -0.2) is 46.0 Å². The van der Waals surface area contributed by atoms with Crippen LogP contribution in [-0.2, 0) is 15.2 Å². The van der Waals surface area contributed by atoms with Crippen molar-refractivity contribution in [3.8, 4) is 11.5 Å². The number of hydrogen-bond donors (Lipinski definition) is 2. The number of nitrogens with zero attached hydrogens (tertiary/aromatic N) is 2. The summed E-state index contributed by atoms with van der Waals surface area (Å²) in [5, 5.41) is 21.1. The quantitative estimate of drug-likeness (QED) is 0.747. The number of para-hydroxylation sites is 1. The van der Waals surface area contributed by atoms with Crippen molar-refractivity contribution in [1.82, 2.24) is 4.90 Å². The Kier molecular flexibility index (Phi) is 3.00. The molecule has 146 valence electrons. The molecule has 2 N–H and O–H groups in total. The molecule has 4 heterocycles. The van der Waals surface area contributed by atoms with Gasteiger partial charge in [0.05, 0.1) is 0 Å². The zero-order valence-corrected chi connectivity index (χ0v) is 15.1. The van der Waals surface area contributed by atoms with E-state index in [2.05, 4.69) is 0 Å². The number of rotatable bonds is 2. The lowest BCUT2D eigenvalue weighted by molar-refractivity contribution is -0.146. The van der Waals surface area contributed by atoms with Crippen LogP contribution in [0.15, 0.2) is 48.2 Å². The number of amides is 1. The third-order valence-corrected chi connectivity index (χ3v) is 6.10. The second-order valence-corrected chi connectivity index (χ2v) is 7.60. The molecule has 4 aliphatic rings. The smallest absolute Gasteiger partial charge is 0.326 e. The van der Waals surface area contributed by atoms with Crippen molar-refractivity contribution in [1.29, 1.82) is 0 Å². The third-order valence-electron chi connectivity index (χ3n) is 6.10. The van der Waals surface area contributed by atoms with Gasteiger partial charge in [-0.3, -0.25) is 9.69 Å². The number of aliphatic carboxylic acids is 1. The van der Waals surface area contributed by atoms with Crippen molar-refractivity contribution in [2.45, 2.75) is 24.2 Å². The number of ether oxygens (including phenoxy) is 2. The van der Waals surface area contributed by atoms with Gasteiger partial charge in [0.2, 0.25) is 6.79 Å². The molecule has 0 saturated carbocycles. The van der Waals surface area contributed by atoms with E-state index < -0.39 is 29.7 Å². The van der Waals surface area contributed by atoms with Crippen molar-refractivity contribution in [2.24, 2.45) is 0 Å². The predicted octanol–water partition coefficient (Wildman–Crippen LogP) is 1.49. The standard InChI is InChI=1S/C21H16N2O6/c24-18-14(7-11-5-6-16-17(8-11)29-10-28-16)22-13-4-2-1-3-12(13)21(27)9-15(19(25)26)23(18)20(21)22/h1-8,15,20,27H,9-10H2,(H,25,26)/b14-7-/t15-,20-,21+/m0/s1. The molecule has 1 amide bonds. The minimum Gasteiger partial charge on any atom is -0.480 e. The minimum absolute atomic E-state index is 0.0381. The molecule has 29 heavy (non-hydrogen) atoms. The summed E-state index contributed by atoms with van der Waals surface area (Å²) in [4.78, 5) is 28.2. The molecule has 6 rings (SSSR count). The van der Waals surface area contributed by atoms with E-state index in [9.17, 15) is 19.8 Å². The first-order chi connectivity index (χ1) is 14.0. The molecule has 0 aliphatic carbocycles. The topological polar surface area (TPSA) is 99.5 Å². The molecular formula is C21H16N2O6. The second-order valence-electron chi connectivity index (χ2n) is 7.60. The lowest BCUT2D eigenvalue weighted by Crippen LogP contribution is -2.45. The van der Waals surface area contributed by atoms with Crippen LogP contribution in [0.2, 0.25) is 0 Å². The lowest BCUT2D eigenvalue weighted by Gasteiger charge is -2.26. The number of benzene rings is 2. The van der Waals surface area contributed by atoms with Gasteiger partial charge in [0.25, 0.3) is 5.91 Å². The average Bonchev–Trinajstić information content (AvgIpc) is 3.41. The Morgan fingerprint density at radius 3 is 2.79 bits per heavy atom. The van der Waals surface area contributed by atoms with Gasteiger partial charge in [0, 0.05) is 17.7 Å².